The van der Waals surface area contributed by atoms with Crippen molar-refractivity contribution in [2.75, 3.05) is 12.4 Å². The summed E-state index contributed by atoms with van der Waals surface area (Å²) in [6.45, 7) is 0.270. The highest BCUT2D eigenvalue weighted by molar-refractivity contribution is 8.76. The maximum absolute atomic E-state index is 8.53. The van der Waals surface area contributed by atoms with E-state index < -0.39 is 0 Å². The number of hydrogen-bond acceptors (Lipinski definition) is 3. The van der Waals surface area contributed by atoms with Gasteiger partial charge in [0.15, 0.2) is 0 Å². The monoisotopic (exact) mass is 200 g/mol. The second kappa shape index (κ2) is 6.40. The van der Waals surface area contributed by atoms with Crippen molar-refractivity contribution in [1.82, 2.24) is 0 Å². The van der Waals surface area contributed by atoms with Gasteiger partial charge in [-0.25, -0.2) is 0 Å². The fourth-order valence-corrected chi connectivity index (χ4v) is 2.62. The molecule has 0 saturated heterocycles. The van der Waals surface area contributed by atoms with Gasteiger partial charge in [0.2, 0.25) is 0 Å². The van der Waals surface area contributed by atoms with Gasteiger partial charge < -0.3 is 5.11 Å². The Morgan fingerprint density at radius 1 is 1.08 bits per heavy atom. The molecule has 1 nitrogen and oxygen atoms in total. The Morgan fingerprint density at radius 2 is 1.83 bits per heavy atom. The summed E-state index contributed by atoms with van der Waals surface area (Å²) in [4.78, 5) is 0. The SMILES string of the molecule is OCCSSCc1ccccc1. The predicted molar refractivity (Wildman–Crippen MR) is 57.3 cm³/mol. The third-order valence-corrected chi connectivity index (χ3v) is 3.65. The van der Waals surface area contributed by atoms with Crippen LogP contribution in [0.2, 0.25) is 0 Å². The molecule has 1 rings (SSSR count). The summed E-state index contributed by atoms with van der Waals surface area (Å²) >= 11 is 0. The summed E-state index contributed by atoms with van der Waals surface area (Å²) in [7, 11) is 3.50. The zero-order valence-electron chi connectivity index (χ0n) is 6.77. The van der Waals surface area contributed by atoms with Crippen molar-refractivity contribution in [1.29, 1.82) is 0 Å². The first-order chi connectivity index (χ1) is 5.93. The molecular formula is C9H12OS2. The standard InChI is InChI=1S/C9H12OS2/c10-6-7-11-12-8-9-4-2-1-3-5-9/h1-5,10H,6-8H2. The van der Waals surface area contributed by atoms with Gasteiger partial charge in [-0.05, 0) is 5.56 Å². The van der Waals surface area contributed by atoms with E-state index in [1.165, 1.54) is 5.56 Å². The number of benzene rings is 1. The van der Waals surface area contributed by atoms with Crippen LogP contribution in [0.15, 0.2) is 30.3 Å². The Hall–Kier alpha value is -0.120. The summed E-state index contributed by atoms with van der Waals surface area (Å²) in [6, 6.07) is 10.4. The highest BCUT2D eigenvalue weighted by Crippen LogP contribution is 2.24. The van der Waals surface area contributed by atoms with Crippen LogP contribution >= 0.6 is 21.6 Å². The van der Waals surface area contributed by atoms with E-state index in [4.69, 9.17) is 5.11 Å². The molecule has 1 aromatic carbocycles. The Labute approximate surface area is 81.0 Å². The van der Waals surface area contributed by atoms with Gasteiger partial charge in [0.1, 0.15) is 0 Å². The van der Waals surface area contributed by atoms with E-state index in [1.54, 1.807) is 21.6 Å². The van der Waals surface area contributed by atoms with E-state index in [2.05, 4.69) is 12.1 Å². The first-order valence-electron chi connectivity index (χ1n) is 3.82. The Balaban J connectivity index is 2.16. The molecule has 12 heavy (non-hydrogen) atoms. The van der Waals surface area contributed by atoms with Crippen LogP contribution in [-0.4, -0.2) is 17.5 Å². The van der Waals surface area contributed by atoms with Gasteiger partial charge in [0.05, 0.1) is 6.61 Å². The summed E-state index contributed by atoms with van der Waals surface area (Å²) in [5.74, 6) is 1.84. The highest BCUT2D eigenvalue weighted by Gasteiger charge is 1.91. The summed E-state index contributed by atoms with van der Waals surface area (Å²) in [5, 5.41) is 8.53. The first kappa shape index (κ1) is 9.96. The molecule has 0 aromatic heterocycles. The largest absolute Gasteiger partial charge is 0.395 e. The van der Waals surface area contributed by atoms with Crippen LogP contribution in [0.1, 0.15) is 5.56 Å². The first-order valence-corrected chi connectivity index (χ1v) is 6.31. The minimum atomic E-state index is 0.270. The van der Waals surface area contributed by atoms with Crippen LogP contribution < -0.4 is 0 Å². The molecule has 0 aliphatic carbocycles. The molecule has 3 heteroatoms. The number of aliphatic hydroxyl groups is 1. The molecule has 0 heterocycles. The number of rotatable bonds is 5. The van der Waals surface area contributed by atoms with Gasteiger partial charge in [-0.15, -0.1) is 0 Å². The maximum Gasteiger partial charge on any atom is 0.0530 e. The lowest BCUT2D eigenvalue weighted by molar-refractivity contribution is 0.323. The molecule has 0 bridgehead atoms. The fourth-order valence-electron chi connectivity index (χ4n) is 0.780. The van der Waals surface area contributed by atoms with Gasteiger partial charge in [-0.2, -0.15) is 0 Å². The fraction of sp³-hybridized carbons (Fsp3) is 0.333. The molecule has 0 fully saturated rings. The van der Waals surface area contributed by atoms with Gasteiger partial charge in [0, 0.05) is 11.5 Å². The third kappa shape index (κ3) is 4.04. The van der Waals surface area contributed by atoms with Crippen molar-refractivity contribution in [3.63, 3.8) is 0 Å². The molecule has 0 radical (unpaired) electrons. The second-order valence-electron chi connectivity index (χ2n) is 2.29. The highest BCUT2D eigenvalue weighted by atomic mass is 33.1. The predicted octanol–water partition coefficient (Wildman–Crippen LogP) is 2.56. The van der Waals surface area contributed by atoms with Crippen LogP contribution in [0.25, 0.3) is 0 Å². The topological polar surface area (TPSA) is 20.2 Å². The van der Waals surface area contributed by atoms with E-state index in [0.29, 0.717) is 0 Å². The van der Waals surface area contributed by atoms with E-state index in [1.807, 2.05) is 18.2 Å². The van der Waals surface area contributed by atoms with Crippen LogP contribution in [0.3, 0.4) is 0 Å². The van der Waals surface area contributed by atoms with E-state index in [-0.39, 0.29) is 6.61 Å². The molecule has 0 amide bonds. The molecule has 1 N–H and O–H groups in total. The quantitative estimate of drug-likeness (QED) is 0.582. The molecular weight excluding hydrogens is 188 g/mol. The molecule has 66 valence electrons. The molecule has 1 aromatic rings. The zero-order valence-corrected chi connectivity index (χ0v) is 8.40. The number of aliphatic hydroxyl groups excluding tert-OH is 1. The lowest BCUT2D eigenvalue weighted by Crippen LogP contribution is -1.83. The van der Waals surface area contributed by atoms with Crippen molar-refractivity contribution in [3.05, 3.63) is 35.9 Å². The number of hydrogen-bond donors (Lipinski definition) is 1. The lowest BCUT2D eigenvalue weighted by atomic mass is 10.2. The van der Waals surface area contributed by atoms with Gasteiger partial charge >= 0.3 is 0 Å². The van der Waals surface area contributed by atoms with E-state index in [0.717, 1.165) is 11.5 Å². The van der Waals surface area contributed by atoms with Gasteiger partial charge in [-0.3, -0.25) is 0 Å². The smallest absolute Gasteiger partial charge is 0.0530 e. The Morgan fingerprint density at radius 3 is 2.50 bits per heavy atom. The third-order valence-electron chi connectivity index (χ3n) is 1.33. The average molecular weight is 200 g/mol. The van der Waals surface area contributed by atoms with Crippen molar-refractivity contribution < 1.29 is 5.11 Å². The van der Waals surface area contributed by atoms with Gasteiger partial charge in [0.25, 0.3) is 0 Å². The minimum absolute atomic E-state index is 0.270. The summed E-state index contributed by atoms with van der Waals surface area (Å²) in [5.41, 5.74) is 1.34. The van der Waals surface area contributed by atoms with Crippen molar-refractivity contribution in [3.8, 4) is 0 Å². The zero-order chi connectivity index (χ0) is 8.65. The maximum atomic E-state index is 8.53. The van der Waals surface area contributed by atoms with E-state index in [9.17, 15) is 0 Å². The molecule has 0 saturated carbocycles. The van der Waals surface area contributed by atoms with Crippen molar-refractivity contribution in [2.24, 2.45) is 0 Å². The minimum Gasteiger partial charge on any atom is -0.395 e. The lowest BCUT2D eigenvalue weighted by Gasteiger charge is -1.98. The van der Waals surface area contributed by atoms with Crippen LogP contribution in [0.4, 0.5) is 0 Å². The molecule has 0 spiro atoms. The van der Waals surface area contributed by atoms with Gasteiger partial charge in [-0.1, -0.05) is 51.9 Å². The Kier molecular flexibility index (Phi) is 5.32. The van der Waals surface area contributed by atoms with E-state index >= 15 is 0 Å². The van der Waals surface area contributed by atoms with Crippen LogP contribution in [0.5, 0.6) is 0 Å². The average Bonchev–Trinajstić information content (AvgIpc) is 2.14. The molecule has 0 aliphatic rings. The second-order valence-corrected chi connectivity index (χ2v) is 4.88. The summed E-state index contributed by atoms with van der Waals surface area (Å²) < 4.78 is 0. The molecule has 0 atom stereocenters. The van der Waals surface area contributed by atoms with Crippen LogP contribution in [0, 0.1) is 0 Å². The summed E-state index contributed by atoms with van der Waals surface area (Å²) in [6.07, 6.45) is 0. The molecule has 0 unspecified atom stereocenters. The molecule has 0 aliphatic heterocycles. The normalized spacial score (nSPS) is 10.1. The Bertz CT molecular complexity index is 201. The van der Waals surface area contributed by atoms with Crippen molar-refractivity contribution in [2.45, 2.75) is 5.75 Å². The van der Waals surface area contributed by atoms with Crippen molar-refractivity contribution >= 4 is 21.6 Å². The van der Waals surface area contributed by atoms with Crippen LogP contribution in [-0.2, 0) is 5.75 Å².